The fourth-order valence-electron chi connectivity index (χ4n) is 2.51. The molecule has 0 spiro atoms. The number of benzene rings is 2. The number of nitrogens with one attached hydrogen (secondary N) is 1. The monoisotopic (exact) mass is 409 g/mol. The van der Waals surface area contributed by atoms with Crippen molar-refractivity contribution in [2.45, 2.75) is 20.0 Å². The maximum absolute atomic E-state index is 13.8. The largest absolute Gasteiger partial charge is 0.447 e. The summed E-state index contributed by atoms with van der Waals surface area (Å²) in [6, 6.07) is 9.12. The van der Waals surface area contributed by atoms with Gasteiger partial charge < -0.3 is 14.5 Å². The first kappa shape index (κ1) is 19.2. The summed E-state index contributed by atoms with van der Waals surface area (Å²) in [6.45, 7) is 2.99. The van der Waals surface area contributed by atoms with Crippen LogP contribution in [0.3, 0.4) is 0 Å². The van der Waals surface area contributed by atoms with Crippen LogP contribution < -0.4 is 5.32 Å². The summed E-state index contributed by atoms with van der Waals surface area (Å²) >= 11 is 12.0. The normalized spacial score (nSPS) is 12.0. The molecule has 1 heterocycles. The summed E-state index contributed by atoms with van der Waals surface area (Å²) in [7, 11) is 0. The van der Waals surface area contributed by atoms with E-state index in [1.54, 1.807) is 31.2 Å². The van der Waals surface area contributed by atoms with Crippen LogP contribution in [0.25, 0.3) is 11.0 Å². The Balaban J connectivity index is 1.77. The lowest BCUT2D eigenvalue weighted by atomic mass is 10.1. The van der Waals surface area contributed by atoms with E-state index in [1.165, 1.54) is 19.1 Å². The smallest absolute Gasteiger partial charge is 0.375 e. The molecule has 1 amide bonds. The molecule has 0 aliphatic rings. The molecule has 140 valence electrons. The predicted octanol–water partition coefficient (Wildman–Crippen LogP) is 5.37. The number of fused-ring (bicyclic) bond motifs is 1. The van der Waals surface area contributed by atoms with E-state index in [0.29, 0.717) is 10.9 Å². The number of carbonyl (C=O) groups excluding carboxylic acids is 2. The van der Waals surface area contributed by atoms with E-state index < -0.39 is 23.8 Å². The molecule has 1 N–H and O–H groups in total. The first-order valence-electron chi connectivity index (χ1n) is 7.93. The van der Waals surface area contributed by atoms with Gasteiger partial charge in [-0.05, 0) is 32.0 Å². The average molecular weight is 410 g/mol. The van der Waals surface area contributed by atoms with Crippen molar-refractivity contribution in [3.05, 3.63) is 63.6 Å². The van der Waals surface area contributed by atoms with Gasteiger partial charge in [0.2, 0.25) is 5.76 Å². The third kappa shape index (κ3) is 3.77. The molecule has 8 heteroatoms. The Morgan fingerprint density at radius 2 is 1.78 bits per heavy atom. The van der Waals surface area contributed by atoms with Gasteiger partial charge >= 0.3 is 5.97 Å². The molecule has 3 rings (SSSR count). The maximum atomic E-state index is 13.8. The summed E-state index contributed by atoms with van der Waals surface area (Å²) < 4.78 is 24.3. The van der Waals surface area contributed by atoms with E-state index in [-0.39, 0.29) is 27.1 Å². The number of aryl methyl sites for hydroxylation is 1. The fourth-order valence-corrected chi connectivity index (χ4v) is 3.01. The van der Waals surface area contributed by atoms with Crippen molar-refractivity contribution in [1.29, 1.82) is 0 Å². The number of esters is 1. The lowest BCUT2D eigenvalue weighted by Gasteiger charge is -2.14. The summed E-state index contributed by atoms with van der Waals surface area (Å²) in [5, 5.41) is 3.47. The van der Waals surface area contributed by atoms with Gasteiger partial charge in [-0.25, -0.2) is 9.18 Å². The van der Waals surface area contributed by atoms with Crippen LogP contribution in [0.1, 0.15) is 23.0 Å². The molecule has 0 bridgehead atoms. The number of para-hydroxylation sites is 2. The fraction of sp³-hybridized carbons (Fsp3) is 0.158. The number of ether oxygens (including phenoxy) is 1. The molecule has 1 aromatic heterocycles. The van der Waals surface area contributed by atoms with Gasteiger partial charge in [-0.2, -0.15) is 0 Å². The number of rotatable bonds is 4. The molecular weight excluding hydrogens is 396 g/mol. The molecule has 0 aliphatic carbocycles. The van der Waals surface area contributed by atoms with Crippen LogP contribution in [0.5, 0.6) is 0 Å². The van der Waals surface area contributed by atoms with E-state index in [1.807, 2.05) is 0 Å². The van der Waals surface area contributed by atoms with E-state index in [9.17, 15) is 14.0 Å². The Hall–Kier alpha value is -2.57. The number of carbonyl (C=O) groups is 2. The zero-order chi connectivity index (χ0) is 19.7. The van der Waals surface area contributed by atoms with Crippen LogP contribution >= 0.6 is 23.2 Å². The Morgan fingerprint density at radius 1 is 1.15 bits per heavy atom. The molecule has 3 aromatic rings. The van der Waals surface area contributed by atoms with Crippen LogP contribution in [0.15, 0.2) is 40.8 Å². The van der Waals surface area contributed by atoms with Crippen molar-refractivity contribution >= 4 is 51.7 Å². The molecule has 27 heavy (non-hydrogen) atoms. The highest BCUT2D eigenvalue weighted by Gasteiger charge is 2.25. The predicted molar refractivity (Wildman–Crippen MR) is 101 cm³/mol. The van der Waals surface area contributed by atoms with Gasteiger partial charge in [0.05, 0.1) is 15.7 Å². The topological polar surface area (TPSA) is 68.5 Å². The minimum Gasteiger partial charge on any atom is -0.447 e. The number of anilines is 1. The zero-order valence-electron chi connectivity index (χ0n) is 14.3. The summed E-state index contributed by atoms with van der Waals surface area (Å²) in [4.78, 5) is 24.7. The van der Waals surface area contributed by atoms with Crippen molar-refractivity contribution in [3.63, 3.8) is 0 Å². The number of halogens is 3. The van der Waals surface area contributed by atoms with Gasteiger partial charge in [0.25, 0.3) is 5.91 Å². The lowest BCUT2D eigenvalue weighted by Crippen LogP contribution is -2.30. The van der Waals surface area contributed by atoms with Crippen LogP contribution in [0.2, 0.25) is 10.0 Å². The third-order valence-corrected chi connectivity index (χ3v) is 4.60. The molecule has 0 saturated carbocycles. The van der Waals surface area contributed by atoms with Gasteiger partial charge in [0.15, 0.2) is 17.5 Å². The van der Waals surface area contributed by atoms with E-state index >= 15 is 0 Å². The standard InChI is InChI=1S/C19H14Cl2FNO4/c1-9-11-5-3-8-14(22)17(11)27-16(9)19(25)26-10(2)18(24)23-15-12(20)6-4-7-13(15)21/h3-8,10H,1-2H3,(H,23,24)/t10-/m0/s1. The highest BCUT2D eigenvalue weighted by Crippen LogP contribution is 2.30. The molecule has 0 saturated heterocycles. The molecule has 5 nitrogen and oxygen atoms in total. The molecule has 0 radical (unpaired) electrons. The van der Waals surface area contributed by atoms with Gasteiger partial charge in [0.1, 0.15) is 0 Å². The Bertz CT molecular complexity index is 1030. The highest BCUT2D eigenvalue weighted by atomic mass is 35.5. The van der Waals surface area contributed by atoms with Crippen LogP contribution in [-0.2, 0) is 9.53 Å². The first-order chi connectivity index (χ1) is 12.8. The number of furan rings is 1. The summed E-state index contributed by atoms with van der Waals surface area (Å²) in [5.41, 5.74) is 0.605. The lowest BCUT2D eigenvalue weighted by molar-refractivity contribution is -0.123. The second kappa shape index (κ2) is 7.58. The number of hydrogen-bond donors (Lipinski definition) is 1. The summed E-state index contributed by atoms with van der Waals surface area (Å²) in [6.07, 6.45) is -1.16. The summed E-state index contributed by atoms with van der Waals surface area (Å²) in [5.74, 6) is -2.26. The quantitative estimate of drug-likeness (QED) is 0.587. The van der Waals surface area contributed by atoms with Crippen molar-refractivity contribution in [2.24, 2.45) is 0 Å². The maximum Gasteiger partial charge on any atom is 0.375 e. The third-order valence-electron chi connectivity index (χ3n) is 3.97. The number of amides is 1. The minimum atomic E-state index is -1.16. The van der Waals surface area contributed by atoms with Crippen molar-refractivity contribution in [3.8, 4) is 0 Å². The van der Waals surface area contributed by atoms with Crippen LogP contribution in [0.4, 0.5) is 10.1 Å². The molecule has 0 unspecified atom stereocenters. The molecule has 0 fully saturated rings. The van der Waals surface area contributed by atoms with E-state index in [2.05, 4.69) is 5.32 Å². The van der Waals surface area contributed by atoms with Gasteiger partial charge in [-0.15, -0.1) is 0 Å². The first-order valence-corrected chi connectivity index (χ1v) is 8.68. The van der Waals surface area contributed by atoms with E-state index in [0.717, 1.165) is 0 Å². The zero-order valence-corrected chi connectivity index (χ0v) is 15.8. The second-order valence-corrected chi connectivity index (χ2v) is 6.62. The Morgan fingerprint density at radius 3 is 2.41 bits per heavy atom. The van der Waals surface area contributed by atoms with Crippen LogP contribution in [-0.4, -0.2) is 18.0 Å². The Kier molecular flexibility index (Phi) is 5.39. The highest BCUT2D eigenvalue weighted by molar-refractivity contribution is 6.39. The van der Waals surface area contributed by atoms with Gasteiger partial charge in [-0.3, -0.25) is 4.79 Å². The molecular formula is C19H14Cl2FNO4. The van der Waals surface area contributed by atoms with Crippen molar-refractivity contribution < 1.29 is 23.1 Å². The molecule has 0 aliphatic heterocycles. The van der Waals surface area contributed by atoms with Crippen molar-refractivity contribution in [1.82, 2.24) is 0 Å². The Labute approximate surface area is 164 Å². The molecule has 1 atom stereocenters. The van der Waals surface area contributed by atoms with E-state index in [4.69, 9.17) is 32.4 Å². The van der Waals surface area contributed by atoms with Gasteiger partial charge in [-0.1, -0.05) is 41.4 Å². The number of hydrogen-bond acceptors (Lipinski definition) is 4. The second-order valence-electron chi connectivity index (χ2n) is 5.81. The van der Waals surface area contributed by atoms with Crippen molar-refractivity contribution in [2.75, 3.05) is 5.32 Å². The van der Waals surface area contributed by atoms with Crippen LogP contribution in [0, 0.1) is 12.7 Å². The SMILES string of the molecule is Cc1c(C(=O)O[C@@H](C)C(=O)Nc2c(Cl)cccc2Cl)oc2c(F)cccc12. The average Bonchev–Trinajstić information content (AvgIpc) is 2.96. The minimum absolute atomic E-state index is 0.0399. The molecule has 2 aromatic carbocycles. The van der Waals surface area contributed by atoms with Gasteiger partial charge in [0, 0.05) is 10.9 Å².